The number of carbonyl (C=O) groups is 1. The van der Waals surface area contributed by atoms with Crippen molar-refractivity contribution < 1.29 is 13.9 Å². The molecule has 1 aromatic heterocycles. The Kier molecular flexibility index (Phi) is 5.02. The maximum Gasteiger partial charge on any atom is 0.374 e. The number of hydrogen-bond acceptors (Lipinski definition) is 4. The second-order valence-electron chi connectivity index (χ2n) is 5.30. The van der Waals surface area contributed by atoms with Crippen LogP contribution in [0.4, 0.5) is 0 Å². The number of para-hydroxylation sites is 1. The zero-order chi connectivity index (χ0) is 15.4. The number of fused-ring (bicyclic) bond motifs is 1. The SMILES string of the molecule is CCOC(=O)c1oc2ccccc2c1CN(C)C(C)CC. The molecule has 0 saturated heterocycles. The van der Waals surface area contributed by atoms with Gasteiger partial charge in [0.25, 0.3) is 0 Å². The second kappa shape index (κ2) is 6.76. The van der Waals surface area contributed by atoms with Gasteiger partial charge in [0.15, 0.2) is 0 Å². The van der Waals surface area contributed by atoms with Gasteiger partial charge < -0.3 is 9.15 Å². The van der Waals surface area contributed by atoms with Crippen LogP contribution in [0, 0.1) is 0 Å². The summed E-state index contributed by atoms with van der Waals surface area (Å²) in [6.07, 6.45) is 1.06. The van der Waals surface area contributed by atoms with Crippen molar-refractivity contribution in [3.05, 3.63) is 35.6 Å². The maximum absolute atomic E-state index is 12.1. The highest BCUT2D eigenvalue weighted by Crippen LogP contribution is 2.28. The molecule has 114 valence electrons. The molecule has 4 nitrogen and oxygen atoms in total. The lowest BCUT2D eigenvalue weighted by molar-refractivity contribution is 0.0489. The van der Waals surface area contributed by atoms with Gasteiger partial charge in [-0.3, -0.25) is 4.90 Å². The molecule has 0 amide bonds. The van der Waals surface area contributed by atoms with Crippen LogP contribution < -0.4 is 0 Å². The smallest absolute Gasteiger partial charge is 0.374 e. The van der Waals surface area contributed by atoms with E-state index >= 15 is 0 Å². The topological polar surface area (TPSA) is 42.7 Å². The molecule has 0 fully saturated rings. The van der Waals surface area contributed by atoms with Crippen LogP contribution in [0.1, 0.15) is 43.3 Å². The molecule has 2 rings (SSSR count). The zero-order valence-corrected chi connectivity index (χ0v) is 13.2. The van der Waals surface area contributed by atoms with Crippen LogP contribution in [0.25, 0.3) is 11.0 Å². The molecule has 0 radical (unpaired) electrons. The van der Waals surface area contributed by atoms with Crippen LogP contribution in [-0.4, -0.2) is 30.6 Å². The fraction of sp³-hybridized carbons (Fsp3) is 0.471. The molecule has 1 unspecified atom stereocenters. The summed E-state index contributed by atoms with van der Waals surface area (Å²) in [5, 5.41) is 0.982. The van der Waals surface area contributed by atoms with Gasteiger partial charge in [-0.2, -0.15) is 0 Å². The van der Waals surface area contributed by atoms with Crippen molar-refractivity contribution in [1.29, 1.82) is 0 Å². The highest BCUT2D eigenvalue weighted by atomic mass is 16.5. The van der Waals surface area contributed by atoms with E-state index in [2.05, 4.69) is 25.8 Å². The first kappa shape index (κ1) is 15.6. The van der Waals surface area contributed by atoms with Crippen molar-refractivity contribution in [1.82, 2.24) is 4.90 Å². The normalized spacial score (nSPS) is 12.8. The summed E-state index contributed by atoms with van der Waals surface area (Å²) in [6, 6.07) is 8.17. The van der Waals surface area contributed by atoms with E-state index < -0.39 is 0 Å². The first-order chi connectivity index (χ1) is 10.1. The van der Waals surface area contributed by atoms with Crippen molar-refractivity contribution in [2.45, 2.75) is 39.8 Å². The molecule has 0 aliphatic heterocycles. The Labute approximate surface area is 125 Å². The Morgan fingerprint density at radius 2 is 2.05 bits per heavy atom. The first-order valence-corrected chi connectivity index (χ1v) is 7.46. The second-order valence-corrected chi connectivity index (χ2v) is 5.30. The lowest BCUT2D eigenvalue weighted by Gasteiger charge is -2.23. The minimum atomic E-state index is -0.388. The quantitative estimate of drug-likeness (QED) is 0.758. The van der Waals surface area contributed by atoms with Crippen LogP contribution in [0.2, 0.25) is 0 Å². The van der Waals surface area contributed by atoms with Gasteiger partial charge in [0.05, 0.1) is 6.61 Å². The van der Waals surface area contributed by atoms with Gasteiger partial charge in [-0.15, -0.1) is 0 Å². The molecule has 21 heavy (non-hydrogen) atoms. The maximum atomic E-state index is 12.1. The monoisotopic (exact) mass is 289 g/mol. The number of ether oxygens (including phenoxy) is 1. The van der Waals surface area contributed by atoms with Crippen molar-refractivity contribution in [3.63, 3.8) is 0 Å². The van der Waals surface area contributed by atoms with E-state index in [0.29, 0.717) is 25.0 Å². The van der Waals surface area contributed by atoms with Crippen molar-refractivity contribution in [3.8, 4) is 0 Å². The van der Waals surface area contributed by atoms with E-state index in [-0.39, 0.29) is 5.97 Å². The fourth-order valence-corrected chi connectivity index (χ4v) is 2.33. The number of carbonyl (C=O) groups excluding carboxylic acids is 1. The fourth-order valence-electron chi connectivity index (χ4n) is 2.33. The Bertz CT molecular complexity index is 618. The van der Waals surface area contributed by atoms with Crippen molar-refractivity contribution in [2.24, 2.45) is 0 Å². The highest BCUT2D eigenvalue weighted by molar-refractivity contribution is 5.96. The first-order valence-electron chi connectivity index (χ1n) is 7.46. The molecule has 0 bridgehead atoms. The van der Waals surface area contributed by atoms with E-state index in [1.807, 2.05) is 24.3 Å². The van der Waals surface area contributed by atoms with Gasteiger partial charge in [-0.05, 0) is 33.4 Å². The molecule has 0 spiro atoms. The van der Waals surface area contributed by atoms with Gasteiger partial charge in [-0.25, -0.2) is 4.79 Å². The molecular formula is C17H23NO3. The summed E-state index contributed by atoms with van der Waals surface area (Å²) in [6.45, 7) is 7.13. The number of hydrogen-bond donors (Lipinski definition) is 0. The summed E-state index contributed by atoms with van der Waals surface area (Å²) in [4.78, 5) is 14.3. The molecule has 1 atom stereocenters. The van der Waals surface area contributed by atoms with Gasteiger partial charge in [-0.1, -0.05) is 25.1 Å². The number of rotatable bonds is 6. The molecule has 1 aromatic carbocycles. The number of furan rings is 1. The molecule has 0 N–H and O–H groups in total. The molecule has 2 aromatic rings. The number of benzene rings is 1. The Balaban J connectivity index is 2.43. The van der Waals surface area contributed by atoms with Gasteiger partial charge >= 0.3 is 5.97 Å². The zero-order valence-electron chi connectivity index (χ0n) is 13.2. The van der Waals surface area contributed by atoms with E-state index in [9.17, 15) is 4.79 Å². The minimum Gasteiger partial charge on any atom is -0.460 e. The number of esters is 1. The van der Waals surface area contributed by atoms with Gasteiger partial charge in [0.1, 0.15) is 5.58 Å². The van der Waals surface area contributed by atoms with Gasteiger partial charge in [0, 0.05) is 23.5 Å². The molecule has 0 aliphatic rings. The average molecular weight is 289 g/mol. The largest absolute Gasteiger partial charge is 0.460 e. The van der Waals surface area contributed by atoms with E-state index in [0.717, 1.165) is 23.0 Å². The Morgan fingerprint density at radius 1 is 1.33 bits per heavy atom. The summed E-state index contributed by atoms with van der Waals surface area (Å²) < 4.78 is 10.8. The molecule has 0 saturated carbocycles. The average Bonchev–Trinajstić information content (AvgIpc) is 2.85. The lowest BCUT2D eigenvalue weighted by Crippen LogP contribution is -2.28. The molecule has 0 aliphatic carbocycles. The third-order valence-electron chi connectivity index (χ3n) is 3.91. The lowest BCUT2D eigenvalue weighted by atomic mass is 10.1. The minimum absolute atomic E-state index is 0.327. The Morgan fingerprint density at radius 3 is 2.71 bits per heavy atom. The number of nitrogens with zero attached hydrogens (tertiary/aromatic N) is 1. The van der Waals surface area contributed by atoms with Gasteiger partial charge in [0.2, 0.25) is 5.76 Å². The predicted molar refractivity (Wildman–Crippen MR) is 83.4 cm³/mol. The molecular weight excluding hydrogens is 266 g/mol. The van der Waals surface area contributed by atoms with Crippen LogP contribution in [-0.2, 0) is 11.3 Å². The molecule has 4 heteroatoms. The van der Waals surface area contributed by atoms with Crippen molar-refractivity contribution >= 4 is 16.9 Å². The van der Waals surface area contributed by atoms with Crippen LogP contribution in [0.15, 0.2) is 28.7 Å². The standard InChI is InChI=1S/C17H23NO3/c1-5-12(3)18(4)11-14-13-9-7-8-10-15(13)21-16(14)17(19)20-6-2/h7-10,12H,5-6,11H2,1-4H3. The Hall–Kier alpha value is -1.81. The van der Waals surface area contributed by atoms with Crippen LogP contribution in [0.3, 0.4) is 0 Å². The summed E-state index contributed by atoms with van der Waals surface area (Å²) in [7, 11) is 2.06. The summed E-state index contributed by atoms with van der Waals surface area (Å²) >= 11 is 0. The van der Waals surface area contributed by atoms with E-state index in [1.54, 1.807) is 6.92 Å². The third-order valence-corrected chi connectivity index (χ3v) is 3.91. The third kappa shape index (κ3) is 3.27. The summed E-state index contributed by atoms with van der Waals surface area (Å²) in [5.74, 6) is -0.0607. The summed E-state index contributed by atoms with van der Waals surface area (Å²) in [5.41, 5.74) is 1.64. The predicted octanol–water partition coefficient (Wildman–Crippen LogP) is 3.84. The van der Waals surface area contributed by atoms with Crippen LogP contribution in [0.5, 0.6) is 0 Å². The van der Waals surface area contributed by atoms with Crippen molar-refractivity contribution in [2.75, 3.05) is 13.7 Å². The molecule has 1 heterocycles. The van der Waals surface area contributed by atoms with Crippen LogP contribution >= 0.6 is 0 Å². The van der Waals surface area contributed by atoms with E-state index in [4.69, 9.17) is 9.15 Å². The highest BCUT2D eigenvalue weighted by Gasteiger charge is 2.23. The van der Waals surface area contributed by atoms with E-state index in [1.165, 1.54) is 0 Å².